The summed E-state index contributed by atoms with van der Waals surface area (Å²) in [5.74, 6) is 2.62. The summed E-state index contributed by atoms with van der Waals surface area (Å²) in [4.78, 5) is 2.86. The van der Waals surface area contributed by atoms with Crippen LogP contribution in [0.25, 0.3) is 0 Å². The van der Waals surface area contributed by atoms with Crippen LogP contribution in [0, 0.1) is 23.2 Å². The summed E-state index contributed by atoms with van der Waals surface area (Å²) in [5, 5.41) is 3.79. The minimum atomic E-state index is 0.699. The Morgan fingerprint density at radius 1 is 1.11 bits per heavy atom. The lowest BCUT2D eigenvalue weighted by molar-refractivity contribution is 0.0610. The van der Waals surface area contributed by atoms with E-state index >= 15 is 0 Å². The minimum absolute atomic E-state index is 0.699. The summed E-state index contributed by atoms with van der Waals surface area (Å²) in [7, 11) is 0. The molecule has 3 fully saturated rings. The second-order valence-corrected chi connectivity index (χ2v) is 8.14. The van der Waals surface area contributed by atoms with E-state index in [1.807, 2.05) is 0 Å². The predicted molar refractivity (Wildman–Crippen MR) is 81.2 cm³/mol. The zero-order valence-corrected chi connectivity index (χ0v) is 13.3. The van der Waals surface area contributed by atoms with E-state index in [4.69, 9.17) is 0 Å². The lowest BCUT2D eigenvalue weighted by Gasteiger charge is -2.45. The van der Waals surface area contributed by atoms with Crippen LogP contribution < -0.4 is 5.32 Å². The maximum absolute atomic E-state index is 3.79. The van der Waals surface area contributed by atoms with Gasteiger partial charge in [-0.3, -0.25) is 4.90 Å². The Morgan fingerprint density at radius 2 is 1.79 bits per heavy atom. The Kier molecular flexibility index (Phi) is 3.68. The maximum Gasteiger partial charge on any atom is 0.0244 e. The molecule has 0 aromatic rings. The lowest BCUT2D eigenvalue weighted by atomic mass is 9.91. The van der Waals surface area contributed by atoms with Crippen molar-refractivity contribution in [2.45, 2.75) is 65.5 Å². The summed E-state index contributed by atoms with van der Waals surface area (Å²) < 4.78 is 0. The highest BCUT2D eigenvalue weighted by Gasteiger charge is 2.55. The molecule has 2 nitrogen and oxygen atoms in total. The fourth-order valence-electron chi connectivity index (χ4n) is 4.10. The Balaban J connectivity index is 1.66. The van der Waals surface area contributed by atoms with Crippen LogP contribution in [0.4, 0.5) is 0 Å². The van der Waals surface area contributed by atoms with E-state index in [0.29, 0.717) is 6.04 Å². The molecule has 1 aliphatic heterocycles. The Bertz CT molecular complexity index is 315. The van der Waals surface area contributed by atoms with Gasteiger partial charge in [-0.2, -0.15) is 0 Å². The number of rotatable bonds is 5. The molecule has 1 saturated heterocycles. The van der Waals surface area contributed by atoms with Gasteiger partial charge in [-0.25, -0.2) is 0 Å². The fourth-order valence-corrected chi connectivity index (χ4v) is 4.10. The van der Waals surface area contributed by atoms with E-state index in [2.05, 4.69) is 37.9 Å². The molecule has 1 N–H and O–H groups in total. The summed E-state index contributed by atoms with van der Waals surface area (Å²) >= 11 is 0. The first kappa shape index (κ1) is 13.9. The minimum Gasteiger partial charge on any atom is -0.311 e. The number of hydrogen-bond acceptors (Lipinski definition) is 2. The van der Waals surface area contributed by atoms with Gasteiger partial charge in [-0.1, -0.05) is 27.7 Å². The zero-order chi connectivity index (χ0) is 13.6. The van der Waals surface area contributed by atoms with Gasteiger partial charge >= 0.3 is 0 Å². The standard InChI is InChI=1S/C17H32N2/c1-12(2)15-10-19(16(9-18-15)13(3)4)11-17(7-8-17)14-5-6-14/h12-16,18H,5-11H2,1-4H3. The third kappa shape index (κ3) is 2.85. The normalized spacial score (nSPS) is 35.1. The van der Waals surface area contributed by atoms with Crippen molar-refractivity contribution in [3.63, 3.8) is 0 Å². The summed E-state index contributed by atoms with van der Waals surface area (Å²) in [6.45, 7) is 13.4. The molecule has 0 radical (unpaired) electrons. The van der Waals surface area contributed by atoms with E-state index in [0.717, 1.165) is 29.2 Å². The first-order chi connectivity index (χ1) is 9.02. The van der Waals surface area contributed by atoms with Crippen LogP contribution in [0.15, 0.2) is 0 Å². The SMILES string of the molecule is CC(C)C1CN(CC2(C3CC3)CC2)C(C(C)C)CN1. The van der Waals surface area contributed by atoms with Crippen LogP contribution in [0.3, 0.4) is 0 Å². The number of piperazine rings is 1. The van der Waals surface area contributed by atoms with Gasteiger partial charge in [-0.05, 0) is 48.9 Å². The molecular formula is C17H32N2. The molecule has 0 bridgehead atoms. The van der Waals surface area contributed by atoms with E-state index in [1.165, 1.54) is 45.3 Å². The van der Waals surface area contributed by atoms with Gasteiger partial charge < -0.3 is 5.32 Å². The molecule has 2 unspecified atom stereocenters. The lowest BCUT2D eigenvalue weighted by Crippen LogP contribution is -2.60. The molecule has 3 aliphatic rings. The van der Waals surface area contributed by atoms with Crippen molar-refractivity contribution in [1.82, 2.24) is 10.2 Å². The third-order valence-electron chi connectivity index (χ3n) is 5.92. The quantitative estimate of drug-likeness (QED) is 0.821. The van der Waals surface area contributed by atoms with Gasteiger partial charge in [0.25, 0.3) is 0 Å². The molecule has 2 saturated carbocycles. The first-order valence-electron chi connectivity index (χ1n) is 8.49. The van der Waals surface area contributed by atoms with E-state index in [-0.39, 0.29) is 0 Å². The molecule has 0 aromatic heterocycles. The molecule has 2 aliphatic carbocycles. The predicted octanol–water partition coefficient (Wildman–Crippen LogP) is 3.13. The number of nitrogens with one attached hydrogen (secondary N) is 1. The fraction of sp³-hybridized carbons (Fsp3) is 1.00. The monoisotopic (exact) mass is 264 g/mol. The van der Waals surface area contributed by atoms with Gasteiger partial charge in [0.15, 0.2) is 0 Å². The van der Waals surface area contributed by atoms with Gasteiger partial charge in [0, 0.05) is 31.7 Å². The van der Waals surface area contributed by atoms with Gasteiger partial charge in [0.2, 0.25) is 0 Å². The van der Waals surface area contributed by atoms with Crippen LogP contribution in [-0.4, -0.2) is 36.6 Å². The smallest absolute Gasteiger partial charge is 0.0244 e. The molecule has 2 atom stereocenters. The average Bonchev–Trinajstić information content (AvgIpc) is 3.22. The zero-order valence-electron chi connectivity index (χ0n) is 13.3. The number of hydrogen-bond donors (Lipinski definition) is 1. The van der Waals surface area contributed by atoms with Crippen molar-refractivity contribution in [3.8, 4) is 0 Å². The average molecular weight is 264 g/mol. The molecule has 19 heavy (non-hydrogen) atoms. The Hall–Kier alpha value is -0.0800. The van der Waals surface area contributed by atoms with Crippen molar-refractivity contribution in [2.24, 2.45) is 23.2 Å². The summed E-state index contributed by atoms with van der Waals surface area (Å²) in [5.41, 5.74) is 0.756. The van der Waals surface area contributed by atoms with Crippen LogP contribution in [0.2, 0.25) is 0 Å². The highest BCUT2D eigenvalue weighted by atomic mass is 15.2. The molecule has 0 aromatic carbocycles. The first-order valence-corrected chi connectivity index (χ1v) is 8.49. The Morgan fingerprint density at radius 3 is 2.26 bits per heavy atom. The largest absolute Gasteiger partial charge is 0.311 e. The third-order valence-corrected chi connectivity index (χ3v) is 5.92. The van der Waals surface area contributed by atoms with Gasteiger partial charge in [0.05, 0.1) is 0 Å². The number of nitrogens with zero attached hydrogens (tertiary/aromatic N) is 1. The van der Waals surface area contributed by atoms with Gasteiger partial charge in [0.1, 0.15) is 0 Å². The van der Waals surface area contributed by atoms with Crippen LogP contribution >= 0.6 is 0 Å². The van der Waals surface area contributed by atoms with Crippen molar-refractivity contribution < 1.29 is 0 Å². The molecule has 110 valence electrons. The van der Waals surface area contributed by atoms with E-state index < -0.39 is 0 Å². The van der Waals surface area contributed by atoms with Crippen molar-refractivity contribution >= 4 is 0 Å². The molecule has 0 amide bonds. The van der Waals surface area contributed by atoms with Gasteiger partial charge in [-0.15, -0.1) is 0 Å². The highest BCUT2D eigenvalue weighted by Crippen LogP contribution is 2.61. The molecule has 0 spiro atoms. The maximum atomic E-state index is 3.79. The topological polar surface area (TPSA) is 15.3 Å². The second-order valence-electron chi connectivity index (χ2n) is 8.14. The van der Waals surface area contributed by atoms with Crippen molar-refractivity contribution in [2.75, 3.05) is 19.6 Å². The summed E-state index contributed by atoms with van der Waals surface area (Å²) in [6, 6.07) is 1.45. The molecule has 2 heteroatoms. The highest BCUT2D eigenvalue weighted by molar-refractivity contribution is 5.07. The van der Waals surface area contributed by atoms with E-state index in [9.17, 15) is 0 Å². The van der Waals surface area contributed by atoms with E-state index in [1.54, 1.807) is 0 Å². The van der Waals surface area contributed by atoms with Crippen LogP contribution in [0.5, 0.6) is 0 Å². The molecule has 3 rings (SSSR count). The van der Waals surface area contributed by atoms with Crippen LogP contribution in [0.1, 0.15) is 53.4 Å². The van der Waals surface area contributed by atoms with Crippen molar-refractivity contribution in [1.29, 1.82) is 0 Å². The summed E-state index contributed by atoms with van der Waals surface area (Å²) in [6.07, 6.45) is 6.07. The molecular weight excluding hydrogens is 232 g/mol. The Labute approximate surface area is 119 Å². The van der Waals surface area contributed by atoms with Crippen molar-refractivity contribution in [3.05, 3.63) is 0 Å². The second kappa shape index (κ2) is 5.04. The van der Waals surface area contributed by atoms with Crippen LogP contribution in [-0.2, 0) is 0 Å². The molecule has 1 heterocycles.